The first-order chi connectivity index (χ1) is 24.2. The van der Waals surface area contributed by atoms with Crippen LogP contribution in [0.3, 0.4) is 0 Å². The van der Waals surface area contributed by atoms with Crippen LogP contribution >= 0.6 is 0 Å². The van der Waals surface area contributed by atoms with Gasteiger partial charge in [-0.2, -0.15) is 5.26 Å². The number of fused-ring (bicyclic) bond motifs is 12. The Morgan fingerprint density at radius 3 is 2.16 bits per heavy atom. The molecule has 8 rings (SSSR count). The molecule has 0 atom stereocenters. The summed E-state index contributed by atoms with van der Waals surface area (Å²) in [4.78, 5) is 0. The standard InChI is InChI=1S/C46H37N3/c47-26-25-31(29-48)13-3-1-6-16-34(30-49)40-28-44-45(38-20-8-7-17-35(38)40)39-24-23-33(32-14-4-2-5-15-32)27-43(39)46(44)41-21-11-9-18-36(41)37-19-10-12-22-42(37)46/h4,6-28,30H,1-3,5,47,49H2/b16-6-,26-25-,31-13+,34-30+. The lowest BCUT2D eigenvalue weighted by Crippen LogP contribution is -2.26. The van der Waals surface area contributed by atoms with Gasteiger partial charge in [0.1, 0.15) is 0 Å². The number of nitriles is 1. The van der Waals surface area contributed by atoms with Crippen LogP contribution in [-0.4, -0.2) is 0 Å². The summed E-state index contributed by atoms with van der Waals surface area (Å²) < 4.78 is 0. The van der Waals surface area contributed by atoms with E-state index in [0.717, 1.165) is 36.8 Å². The molecule has 236 valence electrons. The van der Waals surface area contributed by atoms with E-state index < -0.39 is 5.41 Å². The first-order valence-corrected chi connectivity index (χ1v) is 17.1. The van der Waals surface area contributed by atoms with Crippen LogP contribution in [-0.2, 0) is 5.41 Å². The van der Waals surface area contributed by atoms with Crippen molar-refractivity contribution in [3.8, 4) is 28.3 Å². The SMILES string of the molecule is N#CC(/C=C\N)=C/CC/C=C\C(=C/N)c1cc2c(c3ccccc13)-c1ccc(C3=CCCC=C3)cc1C21c2ccccc2-c2ccccc21. The third kappa shape index (κ3) is 4.72. The molecule has 0 saturated heterocycles. The van der Waals surface area contributed by atoms with Gasteiger partial charge in [0, 0.05) is 11.8 Å². The number of rotatable bonds is 7. The molecule has 3 heteroatoms. The molecule has 0 heterocycles. The van der Waals surface area contributed by atoms with Crippen LogP contribution in [0.25, 0.3) is 44.2 Å². The molecule has 0 saturated carbocycles. The first-order valence-electron chi connectivity index (χ1n) is 17.1. The van der Waals surface area contributed by atoms with Crippen molar-refractivity contribution in [1.82, 2.24) is 0 Å². The second-order valence-electron chi connectivity index (χ2n) is 12.9. The van der Waals surface area contributed by atoms with Gasteiger partial charge in [-0.05, 0) is 128 Å². The van der Waals surface area contributed by atoms with Gasteiger partial charge in [0.2, 0.25) is 0 Å². The fourth-order valence-corrected chi connectivity index (χ4v) is 8.28. The van der Waals surface area contributed by atoms with Gasteiger partial charge in [0.05, 0.1) is 11.5 Å². The molecule has 3 aliphatic carbocycles. The number of hydrogen-bond acceptors (Lipinski definition) is 3. The van der Waals surface area contributed by atoms with Crippen molar-refractivity contribution in [3.05, 3.63) is 191 Å². The highest BCUT2D eigenvalue weighted by atomic mass is 14.5. The molecular formula is C46H37N3. The molecule has 0 aliphatic heterocycles. The lowest BCUT2D eigenvalue weighted by Gasteiger charge is -2.31. The van der Waals surface area contributed by atoms with Crippen LogP contribution in [0.5, 0.6) is 0 Å². The molecule has 3 nitrogen and oxygen atoms in total. The highest BCUT2D eigenvalue weighted by molar-refractivity contribution is 6.10. The van der Waals surface area contributed by atoms with Gasteiger partial charge in [-0.15, -0.1) is 0 Å². The predicted octanol–water partition coefficient (Wildman–Crippen LogP) is 10.5. The molecule has 0 fully saturated rings. The molecule has 0 aromatic heterocycles. The minimum Gasteiger partial charge on any atom is -0.405 e. The van der Waals surface area contributed by atoms with Crippen molar-refractivity contribution >= 4 is 21.9 Å². The molecule has 0 radical (unpaired) electrons. The van der Waals surface area contributed by atoms with Crippen LogP contribution in [0.2, 0.25) is 0 Å². The molecule has 1 spiro atoms. The van der Waals surface area contributed by atoms with E-state index in [0.29, 0.717) is 5.57 Å². The number of allylic oxidation sites excluding steroid dienone is 10. The summed E-state index contributed by atoms with van der Waals surface area (Å²) in [7, 11) is 0. The van der Waals surface area contributed by atoms with Crippen LogP contribution in [0.15, 0.2) is 158 Å². The second kappa shape index (κ2) is 12.5. The Balaban J connectivity index is 1.37. The molecule has 4 N–H and O–H groups in total. The minimum atomic E-state index is -0.482. The van der Waals surface area contributed by atoms with Crippen molar-refractivity contribution in [1.29, 1.82) is 5.26 Å². The lowest BCUT2D eigenvalue weighted by molar-refractivity contribution is 0.793. The van der Waals surface area contributed by atoms with Crippen molar-refractivity contribution in [3.63, 3.8) is 0 Å². The van der Waals surface area contributed by atoms with E-state index in [2.05, 4.69) is 134 Å². The third-order valence-electron chi connectivity index (χ3n) is 10.3. The quantitative estimate of drug-likeness (QED) is 0.104. The molecule has 5 aromatic rings. The molecule has 0 bridgehead atoms. The van der Waals surface area contributed by atoms with Gasteiger partial charge in [-0.3, -0.25) is 0 Å². The average molecular weight is 632 g/mol. The summed E-state index contributed by atoms with van der Waals surface area (Å²) in [6.45, 7) is 0. The third-order valence-corrected chi connectivity index (χ3v) is 10.3. The van der Waals surface area contributed by atoms with Gasteiger partial charge in [0.25, 0.3) is 0 Å². The maximum Gasteiger partial charge on any atom is 0.0988 e. The Morgan fingerprint density at radius 1 is 0.735 bits per heavy atom. The number of hydrogen-bond donors (Lipinski definition) is 2. The second-order valence-corrected chi connectivity index (χ2v) is 12.9. The molecular weight excluding hydrogens is 595 g/mol. The Morgan fingerprint density at radius 2 is 1.47 bits per heavy atom. The van der Waals surface area contributed by atoms with Crippen LogP contribution in [0.4, 0.5) is 0 Å². The Hall–Kier alpha value is -6.11. The Bertz CT molecular complexity index is 2320. The zero-order valence-electron chi connectivity index (χ0n) is 27.4. The first kappa shape index (κ1) is 30.2. The van der Waals surface area contributed by atoms with Gasteiger partial charge in [-0.25, -0.2) is 0 Å². The normalized spacial score (nSPS) is 15.8. The zero-order valence-corrected chi connectivity index (χ0v) is 27.4. The lowest BCUT2D eigenvalue weighted by atomic mass is 9.69. The summed E-state index contributed by atoms with van der Waals surface area (Å²) >= 11 is 0. The molecule has 3 aliphatic rings. The van der Waals surface area contributed by atoms with E-state index in [1.54, 1.807) is 12.3 Å². The monoisotopic (exact) mass is 631 g/mol. The maximum absolute atomic E-state index is 9.35. The van der Waals surface area contributed by atoms with E-state index in [-0.39, 0.29) is 0 Å². The fraction of sp³-hybridized carbons (Fsp3) is 0.109. The van der Waals surface area contributed by atoms with Gasteiger partial charge in [-0.1, -0.05) is 121 Å². The van der Waals surface area contributed by atoms with Crippen molar-refractivity contribution < 1.29 is 0 Å². The number of nitrogens with two attached hydrogens (primary N) is 2. The Labute approximate surface area is 288 Å². The summed E-state index contributed by atoms with van der Waals surface area (Å²) in [5, 5.41) is 11.7. The summed E-state index contributed by atoms with van der Waals surface area (Å²) in [6.07, 6.45) is 21.5. The van der Waals surface area contributed by atoms with Gasteiger partial charge in [0.15, 0.2) is 0 Å². The van der Waals surface area contributed by atoms with Crippen molar-refractivity contribution in [2.45, 2.75) is 31.1 Å². The minimum absolute atomic E-state index is 0.482. The molecule has 49 heavy (non-hydrogen) atoms. The summed E-state index contributed by atoms with van der Waals surface area (Å²) in [5.41, 5.74) is 27.1. The fourth-order valence-electron chi connectivity index (χ4n) is 8.28. The number of benzene rings is 5. The maximum atomic E-state index is 9.35. The summed E-state index contributed by atoms with van der Waals surface area (Å²) in [5.74, 6) is 0. The predicted molar refractivity (Wildman–Crippen MR) is 204 cm³/mol. The zero-order chi connectivity index (χ0) is 33.4. The largest absolute Gasteiger partial charge is 0.405 e. The average Bonchev–Trinajstić information content (AvgIpc) is 3.63. The van der Waals surface area contributed by atoms with Crippen molar-refractivity contribution in [2.75, 3.05) is 0 Å². The number of nitrogens with zero attached hydrogens (tertiary/aromatic N) is 1. The van der Waals surface area contributed by atoms with E-state index in [1.165, 1.54) is 72.6 Å². The van der Waals surface area contributed by atoms with Gasteiger partial charge >= 0.3 is 0 Å². The topological polar surface area (TPSA) is 75.8 Å². The van der Waals surface area contributed by atoms with E-state index in [9.17, 15) is 5.26 Å². The van der Waals surface area contributed by atoms with Crippen LogP contribution < -0.4 is 11.5 Å². The van der Waals surface area contributed by atoms with E-state index in [4.69, 9.17) is 11.5 Å². The highest BCUT2D eigenvalue weighted by Crippen LogP contribution is 2.64. The molecule has 5 aromatic carbocycles. The van der Waals surface area contributed by atoms with Crippen LogP contribution in [0, 0.1) is 11.3 Å². The van der Waals surface area contributed by atoms with Gasteiger partial charge < -0.3 is 11.5 Å². The molecule has 0 unspecified atom stereocenters. The van der Waals surface area contributed by atoms with E-state index in [1.807, 2.05) is 6.08 Å². The smallest absolute Gasteiger partial charge is 0.0988 e. The summed E-state index contributed by atoms with van der Waals surface area (Å²) in [6, 6.07) is 38.4. The van der Waals surface area contributed by atoms with E-state index >= 15 is 0 Å². The molecule has 0 amide bonds. The highest BCUT2D eigenvalue weighted by Gasteiger charge is 2.52. The number of unbranched alkanes of at least 4 members (excludes halogenated alkanes) is 1. The van der Waals surface area contributed by atoms with Crippen LogP contribution in [0.1, 0.15) is 59.1 Å². The Kier molecular flexibility index (Phi) is 7.71. The van der Waals surface area contributed by atoms with Crippen molar-refractivity contribution in [2.24, 2.45) is 11.5 Å².